The summed E-state index contributed by atoms with van der Waals surface area (Å²) in [7, 11) is 1.53. The van der Waals surface area contributed by atoms with Crippen LogP contribution in [0.25, 0.3) is 10.2 Å². The van der Waals surface area contributed by atoms with E-state index in [1.54, 1.807) is 17.0 Å². The molecule has 34 heavy (non-hydrogen) atoms. The minimum Gasteiger partial charge on any atom is -0.496 e. The van der Waals surface area contributed by atoms with E-state index in [4.69, 9.17) is 4.74 Å². The first kappa shape index (κ1) is 24.2. The molecule has 1 saturated heterocycles. The van der Waals surface area contributed by atoms with Gasteiger partial charge in [-0.15, -0.1) is 0 Å². The summed E-state index contributed by atoms with van der Waals surface area (Å²) in [4.78, 5) is 20.8. The molecule has 2 heterocycles. The summed E-state index contributed by atoms with van der Waals surface area (Å²) in [6.45, 7) is 5.05. The van der Waals surface area contributed by atoms with Crippen molar-refractivity contribution >= 4 is 38.4 Å². The predicted octanol–water partition coefficient (Wildman–Crippen LogP) is 4.64. The van der Waals surface area contributed by atoms with Crippen LogP contribution in [-0.4, -0.2) is 59.9 Å². The number of fused-ring (bicyclic) bond motifs is 1. The van der Waals surface area contributed by atoms with Gasteiger partial charge in [-0.3, -0.25) is 5.32 Å². The molecule has 2 N–H and O–H groups in total. The van der Waals surface area contributed by atoms with Crippen molar-refractivity contribution in [2.75, 3.05) is 37.0 Å². The molecule has 0 aliphatic carbocycles. The van der Waals surface area contributed by atoms with Crippen LogP contribution in [0, 0.1) is 11.6 Å². The van der Waals surface area contributed by atoms with Crippen LogP contribution in [0.2, 0.25) is 0 Å². The van der Waals surface area contributed by atoms with E-state index >= 15 is 4.39 Å². The zero-order chi connectivity index (χ0) is 24.4. The number of halogens is 2. The van der Waals surface area contributed by atoms with Crippen molar-refractivity contribution in [1.29, 1.82) is 0 Å². The maximum Gasteiger partial charge on any atom is 0.324 e. The highest BCUT2D eigenvalue weighted by Gasteiger charge is 2.30. The highest BCUT2D eigenvalue weighted by Crippen LogP contribution is 2.32. The number of aromatic nitrogens is 1. The largest absolute Gasteiger partial charge is 0.496 e. The van der Waals surface area contributed by atoms with E-state index in [0.717, 1.165) is 0 Å². The second-order valence-corrected chi connectivity index (χ2v) is 9.46. The number of aliphatic hydroxyl groups is 1. The maximum absolute atomic E-state index is 15.0. The van der Waals surface area contributed by atoms with Gasteiger partial charge in [0.25, 0.3) is 0 Å². The number of thiazole rings is 1. The first-order valence-corrected chi connectivity index (χ1v) is 12.0. The molecule has 4 rings (SSSR count). The Bertz CT molecular complexity index is 1190. The van der Waals surface area contributed by atoms with Crippen LogP contribution in [0.5, 0.6) is 5.75 Å². The van der Waals surface area contributed by atoms with Gasteiger partial charge in [-0.1, -0.05) is 18.3 Å². The molecule has 0 spiro atoms. The van der Waals surface area contributed by atoms with Gasteiger partial charge in [0, 0.05) is 38.2 Å². The first-order chi connectivity index (χ1) is 16.3. The van der Waals surface area contributed by atoms with Gasteiger partial charge in [0.2, 0.25) is 0 Å². The number of urea groups is 1. The minimum absolute atomic E-state index is 0.187. The molecular weight excluding hydrogens is 462 g/mol. The van der Waals surface area contributed by atoms with Crippen LogP contribution in [0.15, 0.2) is 30.3 Å². The number of nitrogens with zero attached hydrogens (tertiary/aromatic N) is 3. The lowest BCUT2D eigenvalue weighted by Gasteiger charge is -2.41. The maximum atomic E-state index is 15.0. The van der Waals surface area contributed by atoms with Crippen LogP contribution in [0.4, 0.5) is 24.4 Å². The average Bonchev–Trinajstić information content (AvgIpc) is 3.20. The Labute approximate surface area is 201 Å². The van der Waals surface area contributed by atoms with Crippen molar-refractivity contribution < 1.29 is 23.4 Å². The second-order valence-electron chi connectivity index (χ2n) is 8.43. The lowest BCUT2D eigenvalue weighted by atomic mass is 10.0. The third-order valence-corrected chi connectivity index (χ3v) is 7.00. The van der Waals surface area contributed by atoms with Crippen LogP contribution in [-0.2, 0) is 6.42 Å². The quantitative estimate of drug-likeness (QED) is 0.527. The number of amides is 2. The number of ether oxygens (including phenoxy) is 1. The molecule has 1 aliphatic heterocycles. The number of carbonyl (C=O) groups is 1. The van der Waals surface area contributed by atoms with E-state index in [1.807, 2.05) is 18.7 Å². The summed E-state index contributed by atoms with van der Waals surface area (Å²) in [6, 6.07) is 6.90. The second kappa shape index (κ2) is 10.1. The smallest absolute Gasteiger partial charge is 0.324 e. The molecule has 182 valence electrons. The molecular formula is C24H28F2N4O3S. The van der Waals surface area contributed by atoms with Crippen molar-refractivity contribution in [2.45, 2.75) is 38.8 Å². The fourth-order valence-corrected chi connectivity index (χ4v) is 5.05. The number of nitrogens with one attached hydrogen (secondary N) is 1. The standard InChI is InChI=1S/C24H28F2N4O3S/c1-4-17(31)9-15-10-18(26)20(12-21(15)33-3)29-7-8-30(14(2)13-29)24(32)28-23-27-19-6-5-16(25)11-22(19)34-23/h5-6,10-12,14,17,31H,4,7-9,13H2,1-3H3,(H,27,28,32)/t14-,17+/m0/s1. The van der Waals surface area contributed by atoms with Crippen LogP contribution in [0.1, 0.15) is 25.8 Å². The normalized spacial score (nSPS) is 17.2. The third kappa shape index (κ3) is 5.07. The van der Waals surface area contributed by atoms with E-state index in [1.165, 1.54) is 36.6 Å². The molecule has 1 fully saturated rings. The zero-order valence-electron chi connectivity index (χ0n) is 19.3. The van der Waals surface area contributed by atoms with Crippen molar-refractivity contribution in [3.05, 3.63) is 47.5 Å². The Morgan fingerprint density at radius 3 is 2.82 bits per heavy atom. The Balaban J connectivity index is 1.44. The molecule has 2 atom stereocenters. The zero-order valence-corrected chi connectivity index (χ0v) is 20.2. The number of piperazine rings is 1. The molecule has 7 nitrogen and oxygen atoms in total. The number of aliphatic hydroxyl groups excluding tert-OH is 1. The number of hydrogen-bond acceptors (Lipinski definition) is 6. The van der Waals surface area contributed by atoms with E-state index in [0.29, 0.717) is 64.8 Å². The molecule has 2 aromatic carbocycles. The Morgan fingerprint density at radius 1 is 1.32 bits per heavy atom. The van der Waals surface area contributed by atoms with E-state index in [9.17, 15) is 14.3 Å². The molecule has 1 aromatic heterocycles. The number of rotatable bonds is 6. The number of hydrogen-bond donors (Lipinski definition) is 2. The molecule has 1 aliphatic rings. The van der Waals surface area contributed by atoms with Crippen LogP contribution < -0.4 is 15.0 Å². The van der Waals surface area contributed by atoms with Gasteiger partial charge in [-0.2, -0.15) is 0 Å². The van der Waals surface area contributed by atoms with Crippen LogP contribution >= 0.6 is 11.3 Å². The third-order valence-electron chi connectivity index (χ3n) is 6.07. The van der Waals surface area contributed by atoms with Gasteiger partial charge in [0.1, 0.15) is 17.4 Å². The topological polar surface area (TPSA) is 77.9 Å². The van der Waals surface area contributed by atoms with Gasteiger partial charge in [0.15, 0.2) is 5.13 Å². The molecule has 0 saturated carbocycles. The number of methoxy groups -OCH3 is 1. The average molecular weight is 491 g/mol. The van der Waals surface area contributed by atoms with Crippen LogP contribution in [0.3, 0.4) is 0 Å². The SMILES string of the molecule is CC[C@@H](O)Cc1cc(F)c(N2CCN(C(=O)Nc3nc4ccc(F)cc4s3)[C@@H](C)C2)cc1OC. The van der Waals surface area contributed by atoms with Gasteiger partial charge in [-0.05, 0) is 43.2 Å². The summed E-state index contributed by atoms with van der Waals surface area (Å²) < 4.78 is 34.5. The highest BCUT2D eigenvalue weighted by atomic mass is 32.1. The molecule has 3 aromatic rings. The highest BCUT2D eigenvalue weighted by molar-refractivity contribution is 7.22. The Kier molecular flexibility index (Phi) is 7.18. The van der Waals surface area contributed by atoms with Crippen molar-refractivity contribution in [3.8, 4) is 5.75 Å². The lowest BCUT2D eigenvalue weighted by Crippen LogP contribution is -2.55. The summed E-state index contributed by atoms with van der Waals surface area (Å²) in [6.07, 6.45) is 0.331. The first-order valence-electron chi connectivity index (χ1n) is 11.2. The fraction of sp³-hybridized carbons (Fsp3) is 0.417. The lowest BCUT2D eigenvalue weighted by molar-refractivity contribution is 0.169. The molecule has 0 bridgehead atoms. The predicted molar refractivity (Wildman–Crippen MR) is 130 cm³/mol. The van der Waals surface area contributed by atoms with E-state index in [2.05, 4.69) is 10.3 Å². The van der Waals surface area contributed by atoms with Gasteiger partial charge >= 0.3 is 6.03 Å². The fourth-order valence-electron chi connectivity index (χ4n) is 4.17. The Morgan fingerprint density at radius 2 is 2.12 bits per heavy atom. The molecule has 0 unspecified atom stereocenters. The van der Waals surface area contributed by atoms with Gasteiger partial charge in [-0.25, -0.2) is 18.6 Å². The van der Waals surface area contributed by atoms with E-state index in [-0.39, 0.29) is 23.7 Å². The van der Waals surface area contributed by atoms with Crippen molar-refractivity contribution in [2.24, 2.45) is 0 Å². The number of anilines is 2. The molecule has 2 amide bonds. The minimum atomic E-state index is -0.560. The van der Waals surface area contributed by atoms with Crippen molar-refractivity contribution in [3.63, 3.8) is 0 Å². The Hall–Kier alpha value is -2.98. The van der Waals surface area contributed by atoms with Crippen molar-refractivity contribution in [1.82, 2.24) is 9.88 Å². The van der Waals surface area contributed by atoms with Gasteiger partial charge < -0.3 is 19.6 Å². The number of benzene rings is 2. The monoisotopic (exact) mass is 490 g/mol. The number of carbonyl (C=O) groups excluding carboxylic acids is 1. The van der Waals surface area contributed by atoms with E-state index < -0.39 is 6.10 Å². The summed E-state index contributed by atoms with van der Waals surface area (Å²) in [5, 5.41) is 13.2. The summed E-state index contributed by atoms with van der Waals surface area (Å²) in [5.74, 6) is -0.202. The summed E-state index contributed by atoms with van der Waals surface area (Å²) >= 11 is 1.21. The van der Waals surface area contributed by atoms with Gasteiger partial charge in [0.05, 0.1) is 29.1 Å². The molecule has 10 heteroatoms. The summed E-state index contributed by atoms with van der Waals surface area (Å²) in [5.41, 5.74) is 1.66. The molecule has 0 radical (unpaired) electrons.